The summed E-state index contributed by atoms with van der Waals surface area (Å²) < 4.78 is 47.7. The van der Waals surface area contributed by atoms with Gasteiger partial charge in [-0.25, -0.2) is 0 Å². The molecule has 6 nitrogen and oxygen atoms in total. The molecule has 28 heavy (non-hydrogen) atoms. The van der Waals surface area contributed by atoms with Gasteiger partial charge in [0.2, 0.25) is 0 Å². The molecule has 1 aromatic heterocycles. The molecule has 2 atom stereocenters. The Morgan fingerprint density at radius 2 is 2.07 bits per heavy atom. The molecule has 2 aliphatic heterocycles. The zero-order valence-corrected chi connectivity index (χ0v) is 15.0. The quantitative estimate of drug-likeness (QED) is 0.847. The predicted molar refractivity (Wildman–Crippen MR) is 90.7 cm³/mol. The maximum absolute atomic E-state index is 12.9. The number of benzene rings is 1. The van der Waals surface area contributed by atoms with Crippen LogP contribution >= 0.6 is 0 Å². The Hall–Kier alpha value is -2.81. The molecule has 0 spiro atoms. The van der Waals surface area contributed by atoms with Gasteiger partial charge >= 0.3 is 6.36 Å². The van der Waals surface area contributed by atoms with E-state index in [1.165, 1.54) is 11.0 Å². The summed E-state index contributed by atoms with van der Waals surface area (Å²) in [5.41, 5.74) is 0.137. The lowest BCUT2D eigenvalue weighted by molar-refractivity contribution is -0.274. The summed E-state index contributed by atoms with van der Waals surface area (Å²) in [6.07, 6.45) is -4.48. The van der Waals surface area contributed by atoms with Gasteiger partial charge in [0.15, 0.2) is 0 Å². The van der Waals surface area contributed by atoms with Crippen molar-refractivity contribution < 1.29 is 32.5 Å². The highest BCUT2D eigenvalue weighted by atomic mass is 19.4. The number of carbonyl (C=O) groups excluding carboxylic acids is 1. The molecular weight excluding hydrogens is 377 g/mol. The molecule has 0 aliphatic carbocycles. The van der Waals surface area contributed by atoms with E-state index in [0.29, 0.717) is 11.3 Å². The molecule has 1 aromatic carbocycles. The highest BCUT2D eigenvalue weighted by molar-refractivity contribution is 5.98. The van der Waals surface area contributed by atoms with Gasteiger partial charge in [-0.3, -0.25) is 9.78 Å². The number of rotatable bonds is 2. The number of hydrogen-bond acceptors (Lipinski definition) is 5. The first-order chi connectivity index (χ1) is 13.1. The van der Waals surface area contributed by atoms with Gasteiger partial charge in [-0.15, -0.1) is 13.2 Å². The number of aliphatic hydroxyl groups is 1. The predicted octanol–water partition coefficient (Wildman–Crippen LogP) is 3.21. The van der Waals surface area contributed by atoms with Crippen LogP contribution < -0.4 is 9.47 Å². The number of fused-ring (bicyclic) bond motifs is 2. The average Bonchev–Trinajstić information content (AvgIpc) is 2.92. The smallest absolute Gasteiger partial charge is 0.485 e. The van der Waals surface area contributed by atoms with Crippen molar-refractivity contribution in [3.63, 3.8) is 0 Å². The maximum Gasteiger partial charge on any atom is 0.573 e. The molecule has 2 aromatic rings. The molecule has 0 bridgehead atoms. The number of ether oxygens (including phenoxy) is 2. The van der Waals surface area contributed by atoms with Crippen LogP contribution in [0.1, 0.15) is 41.5 Å². The molecule has 0 saturated heterocycles. The van der Waals surface area contributed by atoms with Crippen molar-refractivity contribution in [1.29, 1.82) is 0 Å². The molecule has 148 valence electrons. The van der Waals surface area contributed by atoms with Crippen molar-refractivity contribution in [2.75, 3.05) is 0 Å². The van der Waals surface area contributed by atoms with Crippen LogP contribution in [-0.2, 0) is 6.54 Å². The van der Waals surface area contributed by atoms with Gasteiger partial charge < -0.3 is 19.5 Å². The second kappa shape index (κ2) is 6.10. The van der Waals surface area contributed by atoms with E-state index in [1.807, 2.05) is 0 Å². The molecule has 4 rings (SSSR count). The molecule has 0 saturated carbocycles. The van der Waals surface area contributed by atoms with E-state index in [0.717, 1.165) is 12.1 Å². The fourth-order valence-corrected chi connectivity index (χ4v) is 3.65. The number of halogens is 3. The van der Waals surface area contributed by atoms with Crippen molar-refractivity contribution in [3.8, 4) is 11.5 Å². The highest BCUT2D eigenvalue weighted by Gasteiger charge is 2.49. The van der Waals surface area contributed by atoms with Crippen molar-refractivity contribution in [1.82, 2.24) is 9.88 Å². The largest absolute Gasteiger partial charge is 0.573 e. The number of carbonyl (C=O) groups is 1. The van der Waals surface area contributed by atoms with E-state index < -0.39 is 29.9 Å². The molecule has 1 amide bonds. The number of alkyl halides is 3. The number of pyridine rings is 1. The van der Waals surface area contributed by atoms with Crippen LogP contribution in [0.25, 0.3) is 0 Å². The van der Waals surface area contributed by atoms with Crippen LogP contribution in [0.5, 0.6) is 11.5 Å². The first-order valence-corrected chi connectivity index (χ1v) is 8.58. The second-order valence-electron chi connectivity index (χ2n) is 7.27. The third-order valence-electron chi connectivity index (χ3n) is 4.96. The van der Waals surface area contributed by atoms with E-state index in [2.05, 4.69) is 9.72 Å². The molecule has 3 heterocycles. The molecule has 0 fully saturated rings. The van der Waals surface area contributed by atoms with E-state index in [1.54, 1.807) is 32.2 Å². The van der Waals surface area contributed by atoms with Crippen LogP contribution in [0.15, 0.2) is 36.5 Å². The number of nitrogens with zero attached hydrogens (tertiary/aromatic N) is 2. The summed E-state index contributed by atoms with van der Waals surface area (Å²) >= 11 is 0. The Morgan fingerprint density at radius 3 is 2.75 bits per heavy atom. The van der Waals surface area contributed by atoms with Gasteiger partial charge in [0.25, 0.3) is 5.91 Å². The third kappa shape index (κ3) is 3.05. The van der Waals surface area contributed by atoms with Gasteiger partial charge in [-0.2, -0.15) is 0 Å². The van der Waals surface area contributed by atoms with Gasteiger partial charge in [-0.1, -0.05) is 0 Å². The minimum absolute atomic E-state index is 0.136. The summed E-state index contributed by atoms with van der Waals surface area (Å²) in [4.78, 5) is 18.5. The number of aromatic nitrogens is 1. The van der Waals surface area contributed by atoms with E-state index in [4.69, 9.17) is 4.74 Å². The second-order valence-corrected chi connectivity index (χ2v) is 7.27. The molecule has 0 radical (unpaired) electrons. The zero-order chi connectivity index (χ0) is 20.3. The fraction of sp³-hybridized carbons (Fsp3) is 0.368. The van der Waals surface area contributed by atoms with Crippen LogP contribution in [0.3, 0.4) is 0 Å². The molecule has 0 unspecified atom stereocenters. The van der Waals surface area contributed by atoms with Crippen molar-refractivity contribution in [2.24, 2.45) is 0 Å². The van der Waals surface area contributed by atoms with Crippen LogP contribution in [0.2, 0.25) is 0 Å². The summed E-state index contributed by atoms with van der Waals surface area (Å²) in [7, 11) is 0. The van der Waals surface area contributed by atoms with Gasteiger partial charge in [0, 0.05) is 11.8 Å². The normalized spacial score (nSPS) is 23.1. The van der Waals surface area contributed by atoms with E-state index in [9.17, 15) is 23.1 Å². The minimum Gasteiger partial charge on any atom is -0.485 e. The Morgan fingerprint density at radius 1 is 1.32 bits per heavy atom. The molecule has 1 N–H and O–H groups in total. The third-order valence-corrected chi connectivity index (χ3v) is 4.96. The van der Waals surface area contributed by atoms with Crippen LogP contribution in [0, 0.1) is 0 Å². The van der Waals surface area contributed by atoms with Crippen LogP contribution in [0.4, 0.5) is 13.2 Å². The molecule has 9 heteroatoms. The molecular formula is C19H17F3N2O4. The molecule has 2 aliphatic rings. The lowest BCUT2D eigenvalue weighted by Crippen LogP contribution is -2.53. The Labute approximate surface area is 158 Å². The van der Waals surface area contributed by atoms with E-state index in [-0.39, 0.29) is 23.8 Å². The number of hydrogen-bond donors (Lipinski definition) is 1. The van der Waals surface area contributed by atoms with Crippen molar-refractivity contribution in [3.05, 3.63) is 53.3 Å². The topological polar surface area (TPSA) is 71.9 Å². The van der Waals surface area contributed by atoms with Gasteiger partial charge in [0.05, 0.1) is 23.8 Å². The highest BCUT2D eigenvalue weighted by Crippen LogP contribution is 2.46. The maximum atomic E-state index is 12.9. The minimum atomic E-state index is -4.86. The van der Waals surface area contributed by atoms with Gasteiger partial charge in [-0.05, 0) is 44.2 Å². The van der Waals surface area contributed by atoms with E-state index >= 15 is 0 Å². The summed E-state index contributed by atoms with van der Waals surface area (Å²) in [5, 5.41) is 10.9. The summed E-state index contributed by atoms with van der Waals surface area (Å²) in [6, 6.07) is 5.98. The first kappa shape index (κ1) is 18.5. The SMILES string of the molecule is CC1(C)Oc2ccc(OC(F)(F)F)cc2[C@@H](N2Cc3ncccc3C2=O)[C@@H]1O. The Kier molecular flexibility index (Phi) is 4.04. The fourth-order valence-electron chi connectivity index (χ4n) is 3.65. The first-order valence-electron chi connectivity index (χ1n) is 8.58. The monoisotopic (exact) mass is 394 g/mol. The van der Waals surface area contributed by atoms with Gasteiger partial charge in [0.1, 0.15) is 23.2 Å². The summed E-state index contributed by atoms with van der Waals surface area (Å²) in [5.74, 6) is -0.515. The number of aliphatic hydroxyl groups excluding tert-OH is 1. The number of amides is 1. The summed E-state index contributed by atoms with van der Waals surface area (Å²) in [6.45, 7) is 3.44. The lowest BCUT2D eigenvalue weighted by Gasteiger charge is -2.45. The van der Waals surface area contributed by atoms with Crippen LogP contribution in [-0.4, -0.2) is 39.0 Å². The van der Waals surface area contributed by atoms with Crippen molar-refractivity contribution in [2.45, 2.75) is 44.5 Å². The zero-order valence-electron chi connectivity index (χ0n) is 15.0. The average molecular weight is 394 g/mol. The standard InChI is InChI=1S/C19H17F3N2O4/c1-18(2)16(25)15(24-9-13-11(17(24)26)4-3-7-23-13)12-8-10(27-19(20,21)22)5-6-14(12)28-18/h3-8,15-16,25H,9H2,1-2H3/t15-,16+/m1/s1. The lowest BCUT2D eigenvalue weighted by atomic mass is 9.85. The van der Waals surface area contributed by atoms with Crippen molar-refractivity contribution >= 4 is 5.91 Å². The Balaban J connectivity index is 1.79. The Bertz CT molecular complexity index is 945.